The predicted molar refractivity (Wildman–Crippen MR) is 201 cm³/mol. The molecule has 0 aliphatic heterocycles. The fraction of sp³-hybridized carbons (Fsp3) is 0.956. The number of hydrogen-bond donors (Lipinski definition) is 0. The van der Waals surface area contributed by atoms with Crippen LogP contribution in [0.4, 0.5) is 0 Å². The van der Waals surface area contributed by atoms with Gasteiger partial charge in [0.15, 0.2) is 0 Å². The van der Waals surface area contributed by atoms with E-state index in [1.54, 1.807) is 0 Å². The second kappa shape index (κ2) is 18.5. The topological polar surface area (TPSA) is 0 Å². The lowest BCUT2D eigenvalue weighted by Crippen LogP contribution is -2.50. The molecule has 0 radical (unpaired) electrons. The molecule has 262 valence electrons. The third kappa shape index (κ3) is 10.4. The van der Waals surface area contributed by atoms with Crippen LogP contribution >= 0.6 is 0 Å². The second-order valence-corrected chi connectivity index (χ2v) is 19.0. The summed E-state index contributed by atoms with van der Waals surface area (Å²) in [7, 11) is 0. The standard InChI is InChI=1S/C45H82/c1-35(2)22-19-17-15-13-11-9-8-10-12-14-16-18-20-25-38-30-32-44(6)39(34-38)26-27-40-42-29-28-41(37(5)24-21-23-36(3)4)45(42,7)33-31-43(40)44/h26,35-38,40-43H,8-25,27-34H2,1-7H3/t37-,38?,40?,41-,42?,43?,44+,45-/m1/s1. The van der Waals surface area contributed by atoms with Gasteiger partial charge in [-0.05, 0) is 110 Å². The lowest BCUT2D eigenvalue weighted by molar-refractivity contribution is -0.0529. The first-order valence-corrected chi connectivity index (χ1v) is 21.3. The van der Waals surface area contributed by atoms with Crippen LogP contribution in [0.25, 0.3) is 0 Å². The molecular formula is C45H82. The molecule has 0 aromatic heterocycles. The van der Waals surface area contributed by atoms with Gasteiger partial charge in [0.05, 0.1) is 0 Å². The molecule has 45 heavy (non-hydrogen) atoms. The summed E-state index contributed by atoms with van der Waals surface area (Å²) in [5.41, 5.74) is 3.09. The molecule has 3 saturated carbocycles. The van der Waals surface area contributed by atoms with E-state index in [2.05, 4.69) is 54.5 Å². The summed E-state index contributed by atoms with van der Waals surface area (Å²) in [5, 5.41) is 0. The number of unbranched alkanes of at least 4 members (excludes halogenated alkanes) is 12. The quantitative estimate of drug-likeness (QED) is 0.0882. The molecule has 0 spiro atoms. The third-order valence-electron chi connectivity index (χ3n) is 14.8. The van der Waals surface area contributed by atoms with Gasteiger partial charge in [-0.3, -0.25) is 0 Å². The Bertz CT molecular complexity index is 848. The van der Waals surface area contributed by atoms with E-state index in [-0.39, 0.29) is 0 Å². The van der Waals surface area contributed by atoms with E-state index in [0.29, 0.717) is 10.8 Å². The molecule has 0 N–H and O–H groups in total. The van der Waals surface area contributed by atoms with Crippen molar-refractivity contribution in [1.29, 1.82) is 0 Å². The van der Waals surface area contributed by atoms with Crippen molar-refractivity contribution in [2.75, 3.05) is 0 Å². The highest BCUT2D eigenvalue weighted by Crippen LogP contribution is 2.67. The number of hydrogen-bond acceptors (Lipinski definition) is 0. The van der Waals surface area contributed by atoms with E-state index < -0.39 is 0 Å². The maximum absolute atomic E-state index is 2.84. The van der Waals surface area contributed by atoms with Gasteiger partial charge in [-0.25, -0.2) is 0 Å². The zero-order chi connectivity index (χ0) is 32.3. The van der Waals surface area contributed by atoms with E-state index >= 15 is 0 Å². The molecule has 4 aliphatic carbocycles. The first-order chi connectivity index (χ1) is 21.6. The summed E-state index contributed by atoms with van der Waals surface area (Å²) in [6.45, 7) is 17.7. The highest BCUT2D eigenvalue weighted by Gasteiger charge is 2.59. The van der Waals surface area contributed by atoms with Gasteiger partial charge in [-0.15, -0.1) is 0 Å². The molecule has 0 saturated heterocycles. The van der Waals surface area contributed by atoms with Crippen molar-refractivity contribution < 1.29 is 0 Å². The fourth-order valence-electron chi connectivity index (χ4n) is 11.9. The minimum absolute atomic E-state index is 0.537. The summed E-state index contributed by atoms with van der Waals surface area (Å²) in [4.78, 5) is 0. The Labute approximate surface area is 284 Å². The van der Waals surface area contributed by atoms with E-state index in [9.17, 15) is 0 Å². The summed E-state index contributed by atoms with van der Waals surface area (Å²) in [6.07, 6.45) is 41.4. The molecule has 4 aliphatic rings. The lowest BCUT2D eigenvalue weighted by atomic mass is 9.46. The summed E-state index contributed by atoms with van der Waals surface area (Å²) in [5.74, 6) is 7.65. The van der Waals surface area contributed by atoms with Crippen LogP contribution in [0.1, 0.15) is 215 Å². The van der Waals surface area contributed by atoms with Gasteiger partial charge in [0.1, 0.15) is 0 Å². The minimum atomic E-state index is 0.537. The van der Waals surface area contributed by atoms with Gasteiger partial charge in [0.25, 0.3) is 0 Å². The van der Waals surface area contributed by atoms with Crippen LogP contribution in [0.15, 0.2) is 11.6 Å². The normalized spacial score (nSPS) is 33.6. The minimum Gasteiger partial charge on any atom is -0.0845 e. The van der Waals surface area contributed by atoms with Crippen LogP contribution in [-0.4, -0.2) is 0 Å². The average Bonchev–Trinajstić information content (AvgIpc) is 3.36. The first kappa shape index (κ1) is 37.6. The van der Waals surface area contributed by atoms with Gasteiger partial charge < -0.3 is 0 Å². The Kier molecular flexibility index (Phi) is 15.4. The molecule has 8 atom stereocenters. The number of rotatable bonds is 21. The molecule has 0 nitrogen and oxygen atoms in total. The van der Waals surface area contributed by atoms with Crippen molar-refractivity contribution >= 4 is 0 Å². The van der Waals surface area contributed by atoms with Crippen molar-refractivity contribution in [2.24, 2.45) is 58.2 Å². The van der Waals surface area contributed by atoms with Gasteiger partial charge in [0, 0.05) is 0 Å². The van der Waals surface area contributed by atoms with Crippen LogP contribution in [0, 0.1) is 58.2 Å². The third-order valence-corrected chi connectivity index (χ3v) is 14.8. The predicted octanol–water partition coefficient (Wildman–Crippen LogP) is 15.2. The Morgan fingerprint density at radius 2 is 1.18 bits per heavy atom. The van der Waals surface area contributed by atoms with E-state index in [1.807, 2.05) is 5.57 Å². The van der Waals surface area contributed by atoms with E-state index in [1.165, 1.54) is 167 Å². The molecule has 3 fully saturated rings. The van der Waals surface area contributed by atoms with Crippen molar-refractivity contribution in [2.45, 2.75) is 215 Å². The lowest BCUT2D eigenvalue weighted by Gasteiger charge is -2.58. The second-order valence-electron chi connectivity index (χ2n) is 19.0. The van der Waals surface area contributed by atoms with Crippen LogP contribution < -0.4 is 0 Å². The molecule has 0 heteroatoms. The van der Waals surface area contributed by atoms with Crippen molar-refractivity contribution in [3.63, 3.8) is 0 Å². The summed E-state index contributed by atoms with van der Waals surface area (Å²) < 4.78 is 0. The molecule has 0 heterocycles. The average molecular weight is 623 g/mol. The van der Waals surface area contributed by atoms with Crippen molar-refractivity contribution in [1.82, 2.24) is 0 Å². The highest BCUT2D eigenvalue weighted by atomic mass is 14.6. The van der Waals surface area contributed by atoms with Crippen LogP contribution in [0.2, 0.25) is 0 Å². The first-order valence-electron chi connectivity index (χ1n) is 21.3. The van der Waals surface area contributed by atoms with Crippen molar-refractivity contribution in [3.05, 3.63) is 11.6 Å². The van der Waals surface area contributed by atoms with Gasteiger partial charge in [-0.1, -0.05) is 176 Å². The SMILES string of the molecule is CC(C)CCCCCCCCCCCCCCCC1CC[C@@]2(C)C(=CCC3C2CC[C@@]2(C)C3CC[C@@H]2[C@H](C)CCCC(C)C)C1. The van der Waals surface area contributed by atoms with Gasteiger partial charge in [-0.2, -0.15) is 0 Å². The van der Waals surface area contributed by atoms with Crippen LogP contribution in [0.5, 0.6) is 0 Å². The Morgan fingerprint density at radius 3 is 1.80 bits per heavy atom. The Balaban J connectivity index is 1.10. The fourth-order valence-corrected chi connectivity index (χ4v) is 11.9. The van der Waals surface area contributed by atoms with Gasteiger partial charge in [0.2, 0.25) is 0 Å². The molecule has 0 aromatic carbocycles. The van der Waals surface area contributed by atoms with E-state index in [0.717, 1.165) is 47.3 Å². The molecule has 0 aromatic rings. The zero-order valence-corrected chi connectivity index (χ0v) is 32.1. The monoisotopic (exact) mass is 623 g/mol. The molecule has 0 bridgehead atoms. The van der Waals surface area contributed by atoms with E-state index in [4.69, 9.17) is 0 Å². The largest absolute Gasteiger partial charge is 0.0845 e. The Morgan fingerprint density at radius 1 is 0.600 bits per heavy atom. The molecule has 4 rings (SSSR count). The highest BCUT2D eigenvalue weighted by molar-refractivity contribution is 5.25. The van der Waals surface area contributed by atoms with Crippen LogP contribution in [-0.2, 0) is 0 Å². The van der Waals surface area contributed by atoms with Crippen LogP contribution in [0.3, 0.4) is 0 Å². The molecule has 4 unspecified atom stereocenters. The number of allylic oxidation sites excluding steroid dienone is 2. The maximum Gasteiger partial charge on any atom is -0.00851 e. The summed E-state index contributed by atoms with van der Waals surface area (Å²) >= 11 is 0. The number of fused-ring (bicyclic) bond motifs is 5. The smallest absolute Gasteiger partial charge is 0.00851 e. The Hall–Kier alpha value is -0.260. The van der Waals surface area contributed by atoms with Gasteiger partial charge >= 0.3 is 0 Å². The van der Waals surface area contributed by atoms with Crippen molar-refractivity contribution in [3.8, 4) is 0 Å². The molecule has 0 amide bonds. The zero-order valence-electron chi connectivity index (χ0n) is 32.1. The maximum atomic E-state index is 2.84. The summed E-state index contributed by atoms with van der Waals surface area (Å²) in [6, 6.07) is 0. The molecular weight excluding hydrogens is 540 g/mol.